The number of aromatic nitrogens is 4. The molecule has 3 rings (SSSR count). The molecule has 0 aromatic carbocycles. The van der Waals surface area contributed by atoms with Gasteiger partial charge in [-0.25, -0.2) is 9.97 Å². The van der Waals surface area contributed by atoms with Gasteiger partial charge < -0.3 is 20.1 Å². The lowest BCUT2D eigenvalue weighted by Crippen LogP contribution is -2.33. The molecule has 2 aromatic heterocycles. The maximum atomic E-state index is 11.8. The summed E-state index contributed by atoms with van der Waals surface area (Å²) in [4.78, 5) is 22.1. The fourth-order valence-corrected chi connectivity index (χ4v) is 2.29. The summed E-state index contributed by atoms with van der Waals surface area (Å²) in [6, 6.07) is 0. The summed E-state index contributed by atoms with van der Waals surface area (Å²) in [5, 5.41) is 28.9. The number of hydrogen-bond acceptors (Lipinski definition) is 7. The molecule has 0 saturated carbocycles. The van der Waals surface area contributed by atoms with Crippen molar-refractivity contribution in [3.05, 3.63) is 22.5 Å². The lowest BCUT2D eigenvalue weighted by atomic mass is 10.1. The summed E-state index contributed by atoms with van der Waals surface area (Å²) in [5.41, 5.74) is -0.355. The highest BCUT2D eigenvalue weighted by molar-refractivity contribution is 5.69. The molecule has 0 radical (unpaired) electrons. The molecule has 1 aliphatic heterocycles. The monoisotopic (exact) mass is 292 g/mol. The predicted octanol–water partition coefficient (Wildman–Crippen LogP) is -2.29. The van der Waals surface area contributed by atoms with Crippen LogP contribution in [0.5, 0.6) is 0 Å². The van der Waals surface area contributed by atoms with E-state index in [4.69, 9.17) is 16.3 Å². The standard InChI is InChI=1S/C12H12N4O5/c1-2-6-14-10-7(11(20)15-6)13-4-16(10)12-9(19)8(18)5(3-17)21-12/h1,4-5,8-9,12,17-19H,3H2,(H,14,15,20). The second-order valence-electron chi connectivity index (χ2n) is 4.61. The molecule has 1 saturated heterocycles. The topological polar surface area (TPSA) is 133 Å². The molecular weight excluding hydrogens is 280 g/mol. The van der Waals surface area contributed by atoms with Crippen LogP contribution in [0.2, 0.25) is 0 Å². The summed E-state index contributed by atoms with van der Waals surface area (Å²) in [6.45, 7) is -0.453. The Bertz CT molecular complexity index is 776. The summed E-state index contributed by atoms with van der Waals surface area (Å²) in [5.74, 6) is 2.22. The summed E-state index contributed by atoms with van der Waals surface area (Å²) in [6.07, 6.45) is 1.95. The highest BCUT2D eigenvalue weighted by Crippen LogP contribution is 2.30. The summed E-state index contributed by atoms with van der Waals surface area (Å²) in [7, 11) is 0. The third kappa shape index (κ3) is 2.01. The number of terminal acetylenes is 1. The molecule has 0 aliphatic carbocycles. The minimum atomic E-state index is -1.30. The molecule has 0 amide bonds. The van der Waals surface area contributed by atoms with Gasteiger partial charge in [0.1, 0.15) is 18.3 Å². The second-order valence-corrected chi connectivity index (χ2v) is 4.61. The van der Waals surface area contributed by atoms with Gasteiger partial charge in [0.25, 0.3) is 5.56 Å². The molecule has 9 nitrogen and oxygen atoms in total. The molecule has 4 unspecified atom stereocenters. The van der Waals surface area contributed by atoms with Gasteiger partial charge in [-0.1, -0.05) is 0 Å². The number of H-pyrrole nitrogens is 1. The van der Waals surface area contributed by atoms with Crippen molar-refractivity contribution in [3.8, 4) is 12.3 Å². The van der Waals surface area contributed by atoms with E-state index in [0.29, 0.717) is 0 Å². The van der Waals surface area contributed by atoms with Gasteiger partial charge in [-0.15, -0.1) is 6.42 Å². The Labute approximate surface area is 117 Å². The molecule has 21 heavy (non-hydrogen) atoms. The number of hydrogen-bond donors (Lipinski definition) is 4. The van der Waals surface area contributed by atoms with Gasteiger partial charge >= 0.3 is 0 Å². The normalized spacial score (nSPS) is 28.9. The van der Waals surface area contributed by atoms with Crippen molar-refractivity contribution in [1.82, 2.24) is 19.5 Å². The van der Waals surface area contributed by atoms with Crippen LogP contribution in [0, 0.1) is 12.3 Å². The minimum absolute atomic E-state index is 0.0148. The molecule has 1 aliphatic rings. The molecule has 110 valence electrons. The number of fused-ring (bicyclic) bond motifs is 1. The number of aliphatic hydroxyl groups excluding tert-OH is 3. The van der Waals surface area contributed by atoms with Crippen molar-refractivity contribution in [2.24, 2.45) is 0 Å². The third-order valence-corrected chi connectivity index (χ3v) is 3.36. The van der Waals surface area contributed by atoms with Crippen molar-refractivity contribution in [1.29, 1.82) is 0 Å². The smallest absolute Gasteiger partial charge is 0.279 e. The maximum absolute atomic E-state index is 11.8. The van der Waals surface area contributed by atoms with E-state index in [2.05, 4.69) is 20.9 Å². The number of ether oxygens (including phenoxy) is 1. The van der Waals surface area contributed by atoms with E-state index in [1.54, 1.807) is 0 Å². The van der Waals surface area contributed by atoms with Gasteiger partial charge in [0.15, 0.2) is 23.2 Å². The lowest BCUT2D eigenvalue weighted by Gasteiger charge is -2.16. The minimum Gasteiger partial charge on any atom is -0.394 e. The molecule has 3 heterocycles. The average molecular weight is 292 g/mol. The molecule has 4 atom stereocenters. The van der Waals surface area contributed by atoms with E-state index >= 15 is 0 Å². The lowest BCUT2D eigenvalue weighted by molar-refractivity contribution is -0.0511. The van der Waals surface area contributed by atoms with Crippen LogP contribution < -0.4 is 5.56 Å². The predicted molar refractivity (Wildman–Crippen MR) is 69.1 cm³/mol. The molecule has 1 fully saturated rings. The van der Waals surface area contributed by atoms with E-state index in [0.717, 1.165) is 0 Å². The molecule has 2 aromatic rings. The van der Waals surface area contributed by atoms with E-state index in [1.165, 1.54) is 10.9 Å². The number of nitrogens with one attached hydrogen (secondary N) is 1. The zero-order valence-corrected chi connectivity index (χ0v) is 10.7. The zero-order valence-electron chi connectivity index (χ0n) is 10.7. The van der Waals surface area contributed by atoms with Gasteiger partial charge in [-0.2, -0.15) is 0 Å². The van der Waals surface area contributed by atoms with Crippen LogP contribution in [0.4, 0.5) is 0 Å². The van der Waals surface area contributed by atoms with Gasteiger partial charge in [0.2, 0.25) is 0 Å². The van der Waals surface area contributed by atoms with Crippen LogP contribution in [0.25, 0.3) is 11.2 Å². The van der Waals surface area contributed by atoms with Gasteiger partial charge in [0, 0.05) is 0 Å². The first-order chi connectivity index (χ1) is 10.1. The van der Waals surface area contributed by atoms with Crippen molar-refractivity contribution >= 4 is 11.2 Å². The Hall–Kier alpha value is -2.25. The van der Waals surface area contributed by atoms with Gasteiger partial charge in [-0.05, 0) is 5.92 Å². The average Bonchev–Trinajstić information content (AvgIpc) is 3.02. The quantitative estimate of drug-likeness (QED) is 0.458. The van der Waals surface area contributed by atoms with E-state index in [1.807, 2.05) is 0 Å². The maximum Gasteiger partial charge on any atom is 0.279 e. The van der Waals surface area contributed by atoms with Crippen molar-refractivity contribution in [3.63, 3.8) is 0 Å². The third-order valence-electron chi connectivity index (χ3n) is 3.36. The fourth-order valence-electron chi connectivity index (χ4n) is 2.29. The van der Waals surface area contributed by atoms with Crippen molar-refractivity contribution in [2.45, 2.75) is 24.5 Å². The molecule has 4 N–H and O–H groups in total. The Balaban J connectivity index is 2.12. The largest absolute Gasteiger partial charge is 0.394 e. The molecule has 9 heteroatoms. The van der Waals surface area contributed by atoms with Crippen LogP contribution in [-0.2, 0) is 4.74 Å². The summed E-state index contributed by atoms with van der Waals surface area (Å²) < 4.78 is 6.67. The SMILES string of the molecule is C#Cc1nc2c(ncn2C2OC(CO)C(O)C2O)c(=O)[nH]1. The van der Waals surface area contributed by atoms with Gasteiger partial charge in [0.05, 0.1) is 12.9 Å². The van der Waals surface area contributed by atoms with Crippen LogP contribution in [0.15, 0.2) is 11.1 Å². The van der Waals surface area contributed by atoms with Crippen LogP contribution in [0.1, 0.15) is 12.1 Å². The van der Waals surface area contributed by atoms with Crippen molar-refractivity contribution < 1.29 is 20.1 Å². The Kier molecular flexibility index (Phi) is 3.23. The van der Waals surface area contributed by atoms with Gasteiger partial charge in [-0.3, -0.25) is 14.3 Å². The van der Waals surface area contributed by atoms with E-state index < -0.39 is 36.7 Å². The molecule has 0 bridgehead atoms. The number of rotatable bonds is 2. The second kappa shape index (κ2) is 4.94. The summed E-state index contributed by atoms with van der Waals surface area (Å²) >= 11 is 0. The first kappa shape index (κ1) is 13.7. The Morgan fingerprint density at radius 1 is 1.48 bits per heavy atom. The van der Waals surface area contributed by atoms with Crippen molar-refractivity contribution in [2.75, 3.05) is 6.61 Å². The Morgan fingerprint density at radius 3 is 2.86 bits per heavy atom. The fraction of sp³-hybridized carbons (Fsp3) is 0.417. The highest BCUT2D eigenvalue weighted by Gasteiger charge is 2.44. The first-order valence-corrected chi connectivity index (χ1v) is 6.12. The van der Waals surface area contributed by atoms with Crippen LogP contribution >= 0.6 is 0 Å². The Morgan fingerprint density at radius 2 is 2.24 bits per heavy atom. The number of nitrogens with zero attached hydrogens (tertiary/aromatic N) is 3. The molecular formula is C12H12N4O5. The number of aromatic amines is 1. The molecule has 0 spiro atoms. The number of aliphatic hydroxyl groups is 3. The zero-order chi connectivity index (χ0) is 15.1. The van der Waals surface area contributed by atoms with Crippen LogP contribution in [0.3, 0.4) is 0 Å². The van der Waals surface area contributed by atoms with E-state index in [9.17, 15) is 15.0 Å². The highest BCUT2D eigenvalue weighted by atomic mass is 16.6. The van der Waals surface area contributed by atoms with Crippen LogP contribution in [-0.4, -0.2) is 59.8 Å². The first-order valence-electron chi connectivity index (χ1n) is 6.12. The van der Waals surface area contributed by atoms with E-state index in [-0.39, 0.29) is 17.0 Å². The number of imidazole rings is 1.